The Morgan fingerprint density at radius 3 is 2.73 bits per heavy atom. The van der Waals surface area contributed by atoms with Crippen molar-refractivity contribution >= 4 is 16.9 Å². The van der Waals surface area contributed by atoms with Gasteiger partial charge < -0.3 is 9.47 Å². The Labute approximate surface area is 152 Å². The van der Waals surface area contributed by atoms with Crippen LogP contribution in [0.15, 0.2) is 18.2 Å². The summed E-state index contributed by atoms with van der Waals surface area (Å²) < 4.78 is 11.3. The highest BCUT2D eigenvalue weighted by Crippen LogP contribution is 2.32. The van der Waals surface area contributed by atoms with E-state index in [-0.39, 0.29) is 12.1 Å². The Hall–Kier alpha value is -1.92. The quantitative estimate of drug-likeness (QED) is 0.858. The van der Waals surface area contributed by atoms with Gasteiger partial charge in [-0.2, -0.15) is 5.10 Å². The van der Waals surface area contributed by atoms with E-state index in [9.17, 15) is 4.79 Å². The number of ether oxygens (including phenoxy) is 2. The highest BCUT2D eigenvalue weighted by atomic mass is 16.5. The fraction of sp³-hybridized carbons (Fsp3) is 0.600. The van der Waals surface area contributed by atoms with Gasteiger partial charge in [0.2, 0.25) is 0 Å². The maximum absolute atomic E-state index is 12.8. The van der Waals surface area contributed by atoms with Gasteiger partial charge in [0.1, 0.15) is 6.10 Å². The summed E-state index contributed by atoms with van der Waals surface area (Å²) in [6.45, 7) is 4.76. The van der Waals surface area contributed by atoms with Crippen LogP contribution in [-0.2, 0) is 9.47 Å². The van der Waals surface area contributed by atoms with Crippen molar-refractivity contribution in [2.45, 2.75) is 37.7 Å². The van der Waals surface area contributed by atoms with Crippen LogP contribution in [0.2, 0.25) is 0 Å². The molecule has 0 aliphatic carbocycles. The molecule has 0 amide bonds. The average molecular weight is 355 g/mol. The van der Waals surface area contributed by atoms with E-state index in [1.165, 1.54) is 5.56 Å². The molecule has 2 aromatic rings. The first-order valence-electron chi connectivity index (χ1n) is 9.77. The lowest BCUT2D eigenvalue weighted by atomic mass is 9.86. The van der Waals surface area contributed by atoms with Crippen molar-refractivity contribution in [1.29, 1.82) is 0 Å². The summed E-state index contributed by atoms with van der Waals surface area (Å²) in [5, 5.41) is 8.13. The molecule has 6 heteroatoms. The van der Waals surface area contributed by atoms with Gasteiger partial charge >= 0.3 is 5.97 Å². The van der Waals surface area contributed by atoms with E-state index in [1.807, 2.05) is 6.07 Å². The SMILES string of the molecule is O=C(OC1CN2CCC1CC2)c1n[nH]c2ccc(C3CCOCC3)cc12. The number of esters is 1. The minimum absolute atomic E-state index is 0.00965. The molecule has 138 valence electrons. The molecule has 1 unspecified atom stereocenters. The smallest absolute Gasteiger partial charge is 0.359 e. The number of piperidine rings is 3. The maximum Gasteiger partial charge on any atom is 0.359 e. The third-order valence-corrected chi connectivity index (χ3v) is 6.33. The predicted molar refractivity (Wildman–Crippen MR) is 97.3 cm³/mol. The number of fused-ring (bicyclic) bond motifs is 4. The number of rotatable bonds is 3. The Kier molecular flexibility index (Phi) is 4.17. The molecule has 5 heterocycles. The van der Waals surface area contributed by atoms with Gasteiger partial charge in [-0.3, -0.25) is 10.00 Å². The summed E-state index contributed by atoms with van der Waals surface area (Å²) in [5.41, 5.74) is 2.58. The third kappa shape index (κ3) is 2.91. The van der Waals surface area contributed by atoms with Gasteiger partial charge in [-0.05, 0) is 68.3 Å². The Morgan fingerprint density at radius 1 is 1.19 bits per heavy atom. The van der Waals surface area contributed by atoms with Crippen molar-refractivity contribution in [2.75, 3.05) is 32.8 Å². The summed E-state index contributed by atoms with van der Waals surface area (Å²) in [5.74, 6) is 0.708. The lowest BCUT2D eigenvalue weighted by molar-refractivity contribution is -0.0458. The van der Waals surface area contributed by atoms with E-state index in [4.69, 9.17) is 9.47 Å². The zero-order valence-corrected chi connectivity index (χ0v) is 14.9. The highest BCUT2D eigenvalue weighted by molar-refractivity contribution is 6.02. The Balaban J connectivity index is 1.38. The number of aromatic nitrogens is 2. The average Bonchev–Trinajstić information content (AvgIpc) is 3.13. The first kappa shape index (κ1) is 16.3. The fourth-order valence-electron chi connectivity index (χ4n) is 4.71. The van der Waals surface area contributed by atoms with Crippen LogP contribution >= 0.6 is 0 Å². The van der Waals surface area contributed by atoms with Crippen LogP contribution in [0.1, 0.15) is 47.7 Å². The third-order valence-electron chi connectivity index (χ3n) is 6.33. The van der Waals surface area contributed by atoms with Gasteiger partial charge in [-0.15, -0.1) is 0 Å². The Bertz CT molecular complexity index is 804. The summed E-state index contributed by atoms with van der Waals surface area (Å²) in [6, 6.07) is 6.28. The van der Waals surface area contributed by atoms with Crippen LogP contribution < -0.4 is 0 Å². The lowest BCUT2D eigenvalue weighted by Crippen LogP contribution is -2.51. The molecule has 2 bridgehead atoms. The van der Waals surface area contributed by atoms with Crippen LogP contribution in [-0.4, -0.2) is 60.0 Å². The van der Waals surface area contributed by atoms with Gasteiger partial charge in [0, 0.05) is 25.1 Å². The van der Waals surface area contributed by atoms with Crippen molar-refractivity contribution < 1.29 is 14.3 Å². The Morgan fingerprint density at radius 2 is 2.00 bits per heavy atom. The molecular weight excluding hydrogens is 330 g/mol. The molecule has 4 aliphatic rings. The standard InChI is InChI=1S/C20H25N3O3/c24-20(26-18-12-23-7-3-14(18)4-8-23)19-16-11-15(1-2-17(16)21-22-19)13-5-9-25-10-6-13/h1-2,11,13-14,18H,3-10,12H2,(H,21,22). The number of H-pyrrole nitrogens is 1. The van der Waals surface area contributed by atoms with Crippen molar-refractivity contribution in [1.82, 2.24) is 15.1 Å². The van der Waals surface area contributed by atoms with E-state index in [0.29, 0.717) is 17.5 Å². The van der Waals surface area contributed by atoms with Crippen LogP contribution in [0, 0.1) is 5.92 Å². The van der Waals surface area contributed by atoms with Gasteiger partial charge in [-0.1, -0.05) is 6.07 Å². The number of aromatic amines is 1. The monoisotopic (exact) mass is 355 g/mol. The minimum Gasteiger partial charge on any atom is -0.456 e. The largest absolute Gasteiger partial charge is 0.456 e. The molecule has 6 rings (SSSR count). The number of hydrogen-bond acceptors (Lipinski definition) is 5. The number of nitrogens with zero attached hydrogens (tertiary/aromatic N) is 2. The van der Waals surface area contributed by atoms with Gasteiger partial charge in [0.05, 0.1) is 5.52 Å². The number of benzene rings is 1. The second-order valence-electron chi connectivity index (χ2n) is 7.85. The van der Waals surface area contributed by atoms with Gasteiger partial charge in [-0.25, -0.2) is 4.79 Å². The molecule has 6 nitrogen and oxygen atoms in total. The number of carbonyl (C=O) groups is 1. The van der Waals surface area contributed by atoms with Gasteiger partial charge in [0.25, 0.3) is 0 Å². The van der Waals surface area contributed by atoms with E-state index in [1.54, 1.807) is 0 Å². The molecule has 0 saturated carbocycles. The zero-order chi connectivity index (χ0) is 17.5. The highest BCUT2D eigenvalue weighted by Gasteiger charge is 2.37. The summed E-state index contributed by atoms with van der Waals surface area (Å²) in [4.78, 5) is 15.2. The van der Waals surface area contributed by atoms with Gasteiger partial charge in [0.15, 0.2) is 5.69 Å². The topological polar surface area (TPSA) is 67.5 Å². The summed E-state index contributed by atoms with van der Waals surface area (Å²) in [6.07, 6.45) is 4.33. The zero-order valence-electron chi connectivity index (χ0n) is 14.9. The molecule has 0 radical (unpaired) electrons. The van der Waals surface area contributed by atoms with E-state index in [2.05, 4.69) is 27.2 Å². The predicted octanol–water partition coefficient (Wildman–Crippen LogP) is 2.71. The first-order chi connectivity index (χ1) is 12.8. The van der Waals surface area contributed by atoms with Crippen LogP contribution in [0.4, 0.5) is 0 Å². The number of nitrogens with one attached hydrogen (secondary N) is 1. The van der Waals surface area contributed by atoms with Crippen LogP contribution in [0.25, 0.3) is 10.9 Å². The second-order valence-corrected chi connectivity index (χ2v) is 7.85. The molecule has 4 aliphatic heterocycles. The molecule has 26 heavy (non-hydrogen) atoms. The van der Waals surface area contributed by atoms with E-state index < -0.39 is 0 Å². The molecule has 1 atom stereocenters. The van der Waals surface area contributed by atoms with Crippen LogP contribution in [0.5, 0.6) is 0 Å². The van der Waals surface area contributed by atoms with Crippen LogP contribution in [0.3, 0.4) is 0 Å². The molecule has 1 aromatic heterocycles. The second kappa shape index (κ2) is 6.67. The van der Waals surface area contributed by atoms with Crippen molar-refractivity contribution in [3.63, 3.8) is 0 Å². The maximum atomic E-state index is 12.8. The molecular formula is C20H25N3O3. The van der Waals surface area contributed by atoms with E-state index in [0.717, 1.165) is 69.4 Å². The molecule has 4 fully saturated rings. The first-order valence-corrected chi connectivity index (χ1v) is 9.77. The van der Waals surface area contributed by atoms with Crippen molar-refractivity contribution in [3.8, 4) is 0 Å². The van der Waals surface area contributed by atoms with E-state index >= 15 is 0 Å². The summed E-state index contributed by atoms with van der Waals surface area (Å²) in [7, 11) is 0. The lowest BCUT2D eigenvalue weighted by Gasteiger charge is -2.43. The molecule has 4 saturated heterocycles. The fourth-order valence-corrected chi connectivity index (χ4v) is 4.71. The molecule has 1 N–H and O–H groups in total. The van der Waals surface area contributed by atoms with Crippen molar-refractivity contribution in [3.05, 3.63) is 29.5 Å². The summed E-state index contributed by atoms with van der Waals surface area (Å²) >= 11 is 0. The molecule has 1 aromatic carbocycles. The van der Waals surface area contributed by atoms with Crippen molar-refractivity contribution in [2.24, 2.45) is 5.92 Å². The number of hydrogen-bond donors (Lipinski definition) is 1. The normalized spacial score (nSPS) is 29.2. The minimum atomic E-state index is -0.292. The molecule has 0 spiro atoms. The number of carbonyl (C=O) groups excluding carboxylic acids is 1.